The van der Waals surface area contributed by atoms with E-state index in [0.29, 0.717) is 24.1 Å². The molecule has 0 radical (unpaired) electrons. The van der Waals surface area contributed by atoms with Crippen molar-refractivity contribution in [2.75, 3.05) is 19.7 Å². The van der Waals surface area contributed by atoms with E-state index in [1.165, 1.54) is 18.8 Å². The topological polar surface area (TPSA) is 70.8 Å². The Morgan fingerprint density at radius 1 is 1.50 bits per heavy atom. The molecule has 2 rings (SSSR count). The van der Waals surface area contributed by atoms with Crippen LogP contribution in [0.25, 0.3) is 0 Å². The third kappa shape index (κ3) is 2.91. The van der Waals surface area contributed by atoms with Crippen LogP contribution in [0.15, 0.2) is 12.4 Å². The summed E-state index contributed by atoms with van der Waals surface area (Å²) in [7, 11) is 0. The first-order valence-corrected chi connectivity index (χ1v) is 5.44. The molecule has 0 aliphatic carbocycles. The van der Waals surface area contributed by atoms with Gasteiger partial charge in [-0.05, 0) is 31.8 Å². The zero-order valence-electron chi connectivity index (χ0n) is 9.02. The van der Waals surface area contributed by atoms with E-state index in [-0.39, 0.29) is 0 Å². The molecule has 16 heavy (non-hydrogen) atoms. The molecular weight excluding hydrogens is 204 g/mol. The van der Waals surface area contributed by atoms with Crippen LogP contribution in [0.4, 0.5) is 0 Å². The highest BCUT2D eigenvalue weighted by Crippen LogP contribution is 2.13. The Labute approximate surface area is 94.5 Å². The van der Waals surface area contributed by atoms with E-state index < -0.39 is 0 Å². The molecule has 1 aliphatic heterocycles. The van der Waals surface area contributed by atoms with Gasteiger partial charge >= 0.3 is 0 Å². The van der Waals surface area contributed by atoms with Crippen molar-refractivity contribution in [3.8, 4) is 11.9 Å². The van der Waals surface area contributed by atoms with Crippen molar-refractivity contribution in [2.24, 2.45) is 5.92 Å². The van der Waals surface area contributed by atoms with Gasteiger partial charge in [0.2, 0.25) is 5.88 Å². The molecular formula is C11H14N4O. The van der Waals surface area contributed by atoms with E-state index in [1.54, 1.807) is 0 Å². The molecule has 0 saturated carbocycles. The molecule has 1 atom stereocenters. The lowest BCUT2D eigenvalue weighted by Crippen LogP contribution is -2.12. The van der Waals surface area contributed by atoms with E-state index in [9.17, 15) is 0 Å². The number of aromatic nitrogens is 2. The third-order valence-corrected chi connectivity index (χ3v) is 2.68. The summed E-state index contributed by atoms with van der Waals surface area (Å²) < 4.78 is 5.46. The Balaban J connectivity index is 1.74. The predicted octanol–water partition coefficient (Wildman–Crippen LogP) is 0.727. The van der Waals surface area contributed by atoms with Gasteiger partial charge in [-0.15, -0.1) is 0 Å². The molecule has 1 fully saturated rings. The monoisotopic (exact) mass is 218 g/mol. The molecule has 5 heteroatoms. The number of rotatable bonds is 4. The first-order valence-electron chi connectivity index (χ1n) is 5.44. The van der Waals surface area contributed by atoms with Crippen LogP contribution >= 0.6 is 0 Å². The highest BCUT2D eigenvalue weighted by molar-refractivity contribution is 5.18. The van der Waals surface area contributed by atoms with Crippen molar-refractivity contribution in [2.45, 2.75) is 12.8 Å². The van der Waals surface area contributed by atoms with Crippen LogP contribution in [0.2, 0.25) is 0 Å². The van der Waals surface area contributed by atoms with Crippen LogP contribution in [0.5, 0.6) is 5.88 Å². The van der Waals surface area contributed by atoms with Gasteiger partial charge in [-0.25, -0.2) is 9.97 Å². The Hall–Kier alpha value is -1.67. The van der Waals surface area contributed by atoms with Crippen molar-refractivity contribution in [1.82, 2.24) is 15.3 Å². The van der Waals surface area contributed by atoms with Gasteiger partial charge in [0, 0.05) is 0 Å². The SMILES string of the molecule is N#Cc1cnc(OCCC2CCNC2)cn1. The Morgan fingerprint density at radius 3 is 3.06 bits per heavy atom. The Morgan fingerprint density at radius 2 is 2.44 bits per heavy atom. The van der Waals surface area contributed by atoms with Crippen LogP contribution in [0.3, 0.4) is 0 Å². The largest absolute Gasteiger partial charge is 0.477 e. The number of nitriles is 1. The molecule has 0 amide bonds. The van der Waals surface area contributed by atoms with Gasteiger partial charge in [-0.3, -0.25) is 0 Å². The molecule has 1 aromatic heterocycles. The number of nitrogens with zero attached hydrogens (tertiary/aromatic N) is 3. The van der Waals surface area contributed by atoms with Crippen molar-refractivity contribution in [3.05, 3.63) is 18.1 Å². The van der Waals surface area contributed by atoms with Crippen molar-refractivity contribution < 1.29 is 4.74 Å². The van der Waals surface area contributed by atoms with Crippen LogP contribution < -0.4 is 10.1 Å². The maximum absolute atomic E-state index is 8.55. The first kappa shape index (κ1) is 10.8. The summed E-state index contributed by atoms with van der Waals surface area (Å²) in [6.45, 7) is 2.86. The Bertz CT molecular complexity index is 365. The lowest BCUT2D eigenvalue weighted by atomic mass is 10.1. The summed E-state index contributed by atoms with van der Waals surface area (Å²) in [6, 6.07) is 1.92. The van der Waals surface area contributed by atoms with Gasteiger partial charge in [0.1, 0.15) is 6.07 Å². The summed E-state index contributed by atoms with van der Waals surface area (Å²) in [5.41, 5.74) is 0.312. The smallest absolute Gasteiger partial charge is 0.232 e. The molecule has 2 heterocycles. The zero-order valence-corrected chi connectivity index (χ0v) is 9.02. The second-order valence-corrected chi connectivity index (χ2v) is 3.85. The number of hydrogen-bond donors (Lipinski definition) is 1. The quantitative estimate of drug-likeness (QED) is 0.806. The van der Waals surface area contributed by atoms with E-state index in [4.69, 9.17) is 10.00 Å². The number of hydrogen-bond acceptors (Lipinski definition) is 5. The molecule has 1 unspecified atom stereocenters. The predicted molar refractivity (Wildman–Crippen MR) is 57.8 cm³/mol. The van der Waals surface area contributed by atoms with Crippen molar-refractivity contribution in [3.63, 3.8) is 0 Å². The maximum atomic E-state index is 8.55. The summed E-state index contributed by atoms with van der Waals surface area (Å²) >= 11 is 0. The van der Waals surface area contributed by atoms with E-state index >= 15 is 0 Å². The van der Waals surface area contributed by atoms with Gasteiger partial charge in [-0.2, -0.15) is 5.26 Å². The van der Waals surface area contributed by atoms with Crippen molar-refractivity contribution >= 4 is 0 Å². The van der Waals surface area contributed by atoms with Gasteiger partial charge < -0.3 is 10.1 Å². The average Bonchev–Trinajstić information content (AvgIpc) is 2.83. The zero-order chi connectivity index (χ0) is 11.2. The molecule has 1 aliphatic rings. The standard InChI is InChI=1S/C11H14N4O/c12-5-10-7-15-11(8-14-10)16-4-2-9-1-3-13-6-9/h7-9,13H,1-4,6H2. The molecule has 0 bridgehead atoms. The second-order valence-electron chi connectivity index (χ2n) is 3.85. The normalized spacial score (nSPS) is 19.3. The minimum atomic E-state index is 0.312. The van der Waals surface area contributed by atoms with Gasteiger partial charge in [-0.1, -0.05) is 0 Å². The maximum Gasteiger partial charge on any atom is 0.232 e. The highest BCUT2D eigenvalue weighted by atomic mass is 16.5. The minimum Gasteiger partial charge on any atom is -0.477 e. The molecule has 0 spiro atoms. The van der Waals surface area contributed by atoms with E-state index in [0.717, 1.165) is 19.5 Å². The fourth-order valence-corrected chi connectivity index (χ4v) is 1.74. The fourth-order valence-electron chi connectivity index (χ4n) is 1.74. The summed E-state index contributed by atoms with van der Waals surface area (Å²) in [6.07, 6.45) is 5.18. The second kappa shape index (κ2) is 5.42. The minimum absolute atomic E-state index is 0.312. The van der Waals surface area contributed by atoms with Crippen LogP contribution in [0, 0.1) is 17.2 Å². The third-order valence-electron chi connectivity index (χ3n) is 2.68. The van der Waals surface area contributed by atoms with E-state index in [1.807, 2.05) is 6.07 Å². The van der Waals surface area contributed by atoms with Crippen molar-refractivity contribution in [1.29, 1.82) is 5.26 Å². The molecule has 84 valence electrons. The summed E-state index contributed by atoms with van der Waals surface area (Å²) in [5, 5.41) is 11.9. The van der Waals surface area contributed by atoms with Crippen LogP contribution in [0.1, 0.15) is 18.5 Å². The van der Waals surface area contributed by atoms with Gasteiger partial charge in [0.15, 0.2) is 5.69 Å². The summed E-state index contributed by atoms with van der Waals surface area (Å²) in [5.74, 6) is 1.20. The fraction of sp³-hybridized carbons (Fsp3) is 0.545. The molecule has 1 N–H and O–H groups in total. The molecule has 0 aromatic carbocycles. The number of nitrogens with one attached hydrogen (secondary N) is 1. The molecule has 1 aromatic rings. The molecule has 1 saturated heterocycles. The lowest BCUT2D eigenvalue weighted by Gasteiger charge is -2.08. The van der Waals surface area contributed by atoms with Gasteiger partial charge in [0.05, 0.1) is 19.0 Å². The highest BCUT2D eigenvalue weighted by Gasteiger charge is 2.13. The average molecular weight is 218 g/mol. The summed E-state index contributed by atoms with van der Waals surface area (Å²) in [4.78, 5) is 7.88. The Kier molecular flexibility index (Phi) is 3.67. The number of ether oxygens (including phenoxy) is 1. The first-order chi connectivity index (χ1) is 7.88. The molecule has 5 nitrogen and oxygen atoms in total. The van der Waals surface area contributed by atoms with Crippen LogP contribution in [-0.2, 0) is 0 Å². The van der Waals surface area contributed by atoms with Gasteiger partial charge in [0.25, 0.3) is 0 Å². The lowest BCUT2D eigenvalue weighted by molar-refractivity contribution is 0.273. The van der Waals surface area contributed by atoms with Crippen LogP contribution in [-0.4, -0.2) is 29.7 Å². The van der Waals surface area contributed by atoms with E-state index in [2.05, 4.69) is 15.3 Å².